The van der Waals surface area contributed by atoms with E-state index in [9.17, 15) is 4.79 Å². The molecule has 1 aromatic heterocycles. The summed E-state index contributed by atoms with van der Waals surface area (Å²) in [6.07, 6.45) is 7.12. The third-order valence-corrected chi connectivity index (χ3v) is 5.94. The van der Waals surface area contributed by atoms with E-state index >= 15 is 0 Å². The van der Waals surface area contributed by atoms with Gasteiger partial charge >= 0.3 is 0 Å². The zero-order valence-corrected chi connectivity index (χ0v) is 17.8. The number of piperidine rings is 1. The predicted molar refractivity (Wildman–Crippen MR) is 117 cm³/mol. The van der Waals surface area contributed by atoms with Gasteiger partial charge in [-0.3, -0.25) is 15.1 Å². The Morgan fingerprint density at radius 2 is 1.93 bits per heavy atom. The fourth-order valence-corrected chi connectivity index (χ4v) is 4.25. The van der Waals surface area contributed by atoms with E-state index in [1.807, 2.05) is 30.3 Å². The SMILES string of the molecule is COc1cccc(C(Cc2ccncc2)(NCCC2CCNCC2)C(N)=O)c1OC. The summed E-state index contributed by atoms with van der Waals surface area (Å²) in [6.45, 7) is 2.78. The number of para-hydroxylation sites is 1. The van der Waals surface area contributed by atoms with Gasteiger partial charge in [-0.2, -0.15) is 0 Å². The lowest BCUT2D eigenvalue weighted by atomic mass is 9.81. The van der Waals surface area contributed by atoms with E-state index in [1.54, 1.807) is 26.6 Å². The lowest BCUT2D eigenvalue weighted by Gasteiger charge is -2.35. The summed E-state index contributed by atoms with van der Waals surface area (Å²) in [7, 11) is 3.16. The molecule has 1 saturated heterocycles. The van der Waals surface area contributed by atoms with Crippen molar-refractivity contribution in [2.75, 3.05) is 33.9 Å². The van der Waals surface area contributed by atoms with Crippen molar-refractivity contribution in [2.24, 2.45) is 11.7 Å². The second-order valence-corrected chi connectivity index (χ2v) is 7.75. The van der Waals surface area contributed by atoms with Gasteiger partial charge in [-0.15, -0.1) is 0 Å². The molecule has 1 fully saturated rings. The third-order valence-electron chi connectivity index (χ3n) is 5.94. The summed E-state index contributed by atoms with van der Waals surface area (Å²) >= 11 is 0. The summed E-state index contributed by atoms with van der Waals surface area (Å²) < 4.78 is 11.1. The molecule has 0 radical (unpaired) electrons. The van der Waals surface area contributed by atoms with E-state index < -0.39 is 11.4 Å². The number of carbonyl (C=O) groups excluding carboxylic acids is 1. The van der Waals surface area contributed by atoms with Crippen molar-refractivity contribution >= 4 is 5.91 Å². The monoisotopic (exact) mass is 412 g/mol. The lowest BCUT2D eigenvalue weighted by Crippen LogP contribution is -2.55. The Morgan fingerprint density at radius 1 is 1.20 bits per heavy atom. The highest BCUT2D eigenvalue weighted by Gasteiger charge is 2.41. The summed E-state index contributed by atoms with van der Waals surface area (Å²) in [6, 6.07) is 9.35. The Balaban J connectivity index is 1.97. The molecule has 3 rings (SSSR count). The average molecular weight is 413 g/mol. The predicted octanol–water partition coefficient (Wildman–Crippen LogP) is 2.00. The number of aromatic nitrogens is 1. The van der Waals surface area contributed by atoms with E-state index in [1.165, 1.54) is 0 Å². The van der Waals surface area contributed by atoms with Crippen LogP contribution in [0.25, 0.3) is 0 Å². The van der Waals surface area contributed by atoms with Gasteiger partial charge in [-0.1, -0.05) is 12.1 Å². The summed E-state index contributed by atoms with van der Waals surface area (Å²) in [4.78, 5) is 17.1. The minimum Gasteiger partial charge on any atom is -0.493 e. The first kappa shape index (κ1) is 22.1. The number of pyridine rings is 1. The standard InChI is InChI=1S/C23H32N4O3/c1-29-20-5-3-4-19(21(20)30-2)23(22(24)28,16-18-8-13-26-14-9-18)27-15-10-17-6-11-25-12-7-17/h3-5,8-9,13-14,17,25,27H,6-7,10-12,15-16H2,1-2H3,(H2,24,28). The molecule has 7 heteroatoms. The largest absolute Gasteiger partial charge is 0.493 e. The molecule has 0 bridgehead atoms. The van der Waals surface area contributed by atoms with Gasteiger partial charge in [0.25, 0.3) is 0 Å². The fourth-order valence-electron chi connectivity index (χ4n) is 4.25. The van der Waals surface area contributed by atoms with E-state index in [0.29, 0.717) is 35.9 Å². The average Bonchev–Trinajstić information content (AvgIpc) is 2.79. The topological polar surface area (TPSA) is 98.5 Å². The van der Waals surface area contributed by atoms with Crippen molar-refractivity contribution in [3.63, 3.8) is 0 Å². The van der Waals surface area contributed by atoms with Crippen molar-refractivity contribution in [1.29, 1.82) is 0 Å². The minimum absolute atomic E-state index is 0.389. The minimum atomic E-state index is -1.13. The maximum atomic E-state index is 13.0. The van der Waals surface area contributed by atoms with Gasteiger partial charge in [0, 0.05) is 24.4 Å². The first-order valence-electron chi connectivity index (χ1n) is 10.5. The highest BCUT2D eigenvalue weighted by atomic mass is 16.5. The third kappa shape index (κ3) is 4.91. The Labute approximate surface area is 178 Å². The van der Waals surface area contributed by atoms with E-state index in [2.05, 4.69) is 15.6 Å². The number of hydrogen-bond donors (Lipinski definition) is 3. The quantitative estimate of drug-likeness (QED) is 0.552. The van der Waals surface area contributed by atoms with Crippen molar-refractivity contribution in [1.82, 2.24) is 15.6 Å². The molecule has 0 aliphatic carbocycles. The summed E-state index contributed by atoms with van der Waals surface area (Å²) in [5.74, 6) is 1.27. The van der Waals surface area contributed by atoms with Gasteiger partial charge < -0.3 is 20.5 Å². The van der Waals surface area contributed by atoms with Crippen molar-refractivity contribution in [2.45, 2.75) is 31.2 Å². The Kier molecular flexibility index (Phi) is 7.65. The van der Waals surface area contributed by atoms with Crippen molar-refractivity contribution in [3.05, 3.63) is 53.9 Å². The molecule has 4 N–H and O–H groups in total. The number of hydrogen-bond acceptors (Lipinski definition) is 6. The molecule has 0 spiro atoms. The van der Waals surface area contributed by atoms with Crippen LogP contribution in [0.3, 0.4) is 0 Å². The lowest BCUT2D eigenvalue weighted by molar-refractivity contribution is -0.125. The Morgan fingerprint density at radius 3 is 2.57 bits per heavy atom. The van der Waals surface area contributed by atoms with E-state index in [-0.39, 0.29) is 0 Å². The van der Waals surface area contributed by atoms with Crippen LogP contribution < -0.4 is 25.8 Å². The summed E-state index contributed by atoms with van der Waals surface area (Å²) in [5, 5.41) is 6.91. The maximum Gasteiger partial charge on any atom is 0.242 e. The number of nitrogens with zero attached hydrogens (tertiary/aromatic N) is 1. The van der Waals surface area contributed by atoms with Crippen LogP contribution in [0.5, 0.6) is 11.5 Å². The number of nitrogens with two attached hydrogens (primary N) is 1. The molecule has 2 heterocycles. The first-order valence-corrected chi connectivity index (χ1v) is 10.5. The number of ether oxygens (including phenoxy) is 2. The number of rotatable bonds is 10. The molecule has 0 saturated carbocycles. The van der Waals surface area contributed by atoms with Crippen LogP contribution in [0.15, 0.2) is 42.7 Å². The number of benzene rings is 1. The van der Waals surface area contributed by atoms with Gasteiger partial charge in [0.15, 0.2) is 11.5 Å². The zero-order chi connectivity index (χ0) is 21.4. The first-order chi connectivity index (χ1) is 14.6. The van der Waals surface area contributed by atoms with Crippen LogP contribution >= 0.6 is 0 Å². The van der Waals surface area contributed by atoms with Crippen LogP contribution in [0, 0.1) is 5.92 Å². The van der Waals surface area contributed by atoms with Crippen LogP contribution in [0.4, 0.5) is 0 Å². The number of methoxy groups -OCH3 is 2. The molecule has 162 valence electrons. The molecule has 1 aromatic carbocycles. The van der Waals surface area contributed by atoms with Gasteiger partial charge in [0.2, 0.25) is 5.91 Å². The van der Waals surface area contributed by atoms with Crippen molar-refractivity contribution < 1.29 is 14.3 Å². The van der Waals surface area contributed by atoms with E-state index in [0.717, 1.165) is 37.9 Å². The Bertz CT molecular complexity index is 824. The number of nitrogens with one attached hydrogen (secondary N) is 2. The fraction of sp³-hybridized carbons (Fsp3) is 0.478. The molecule has 1 aliphatic rings. The molecular weight excluding hydrogens is 380 g/mol. The molecule has 1 amide bonds. The summed E-state index contributed by atoms with van der Waals surface area (Å²) in [5.41, 5.74) is 6.57. The molecule has 30 heavy (non-hydrogen) atoms. The number of primary amides is 1. The van der Waals surface area contributed by atoms with E-state index in [4.69, 9.17) is 15.2 Å². The van der Waals surface area contributed by atoms with Gasteiger partial charge in [-0.25, -0.2) is 0 Å². The second-order valence-electron chi connectivity index (χ2n) is 7.75. The maximum absolute atomic E-state index is 13.0. The van der Waals surface area contributed by atoms with Crippen LogP contribution in [-0.2, 0) is 16.8 Å². The smallest absolute Gasteiger partial charge is 0.242 e. The molecule has 2 aromatic rings. The molecule has 1 unspecified atom stereocenters. The van der Waals surface area contributed by atoms with Gasteiger partial charge in [-0.05, 0) is 68.6 Å². The van der Waals surface area contributed by atoms with Crippen LogP contribution in [0.1, 0.15) is 30.4 Å². The van der Waals surface area contributed by atoms with Crippen LogP contribution in [-0.4, -0.2) is 44.7 Å². The molecule has 1 aliphatic heterocycles. The highest BCUT2D eigenvalue weighted by molar-refractivity contribution is 5.88. The molecule has 1 atom stereocenters. The highest BCUT2D eigenvalue weighted by Crippen LogP contribution is 2.39. The van der Waals surface area contributed by atoms with Gasteiger partial charge in [0.1, 0.15) is 5.54 Å². The van der Waals surface area contributed by atoms with Crippen LogP contribution in [0.2, 0.25) is 0 Å². The molecule has 7 nitrogen and oxygen atoms in total. The molecular formula is C23H32N4O3. The Hall–Kier alpha value is -2.64. The van der Waals surface area contributed by atoms with Gasteiger partial charge in [0.05, 0.1) is 14.2 Å². The number of amides is 1. The zero-order valence-electron chi connectivity index (χ0n) is 17.8. The normalized spacial score (nSPS) is 16.6. The number of carbonyl (C=O) groups is 1. The second kappa shape index (κ2) is 10.4. The van der Waals surface area contributed by atoms with Crippen molar-refractivity contribution in [3.8, 4) is 11.5 Å².